The summed E-state index contributed by atoms with van der Waals surface area (Å²) in [6.45, 7) is 3.53. The number of nitrogens with zero attached hydrogens (tertiary/aromatic N) is 1. The Balaban J connectivity index is 1.77. The predicted octanol–water partition coefficient (Wildman–Crippen LogP) is 5.27. The number of aromatic nitrogens is 1. The molecule has 2 heterocycles. The number of carbonyl (C=O) groups is 2. The van der Waals surface area contributed by atoms with Gasteiger partial charge in [-0.2, -0.15) is 0 Å². The van der Waals surface area contributed by atoms with Crippen LogP contribution in [-0.2, 0) is 19.1 Å². The molecule has 0 aliphatic carbocycles. The van der Waals surface area contributed by atoms with Crippen molar-refractivity contribution in [1.82, 2.24) is 10.3 Å². The number of dihydropyridines is 1. The number of thiazole rings is 1. The molecular formula is C26H24FN3O4S. The summed E-state index contributed by atoms with van der Waals surface area (Å²) < 4.78 is 23.4. The minimum Gasteiger partial charge on any atom is -0.466 e. The molecule has 0 amide bonds. The molecule has 9 heteroatoms. The second-order valence-electron chi connectivity index (χ2n) is 7.88. The molecule has 0 atom stereocenters. The average Bonchev–Trinajstić information content (AvgIpc) is 3.32. The molecule has 0 bridgehead atoms. The number of anilines is 2. The van der Waals surface area contributed by atoms with Crippen molar-refractivity contribution in [2.45, 2.75) is 19.8 Å². The Morgan fingerprint density at radius 2 is 1.57 bits per heavy atom. The first-order chi connectivity index (χ1) is 16.8. The van der Waals surface area contributed by atoms with Crippen LogP contribution in [0.15, 0.2) is 76.5 Å². The van der Waals surface area contributed by atoms with E-state index < -0.39 is 17.9 Å². The maximum atomic E-state index is 13.3. The highest BCUT2D eigenvalue weighted by molar-refractivity contribution is 7.14. The van der Waals surface area contributed by atoms with Gasteiger partial charge in [0, 0.05) is 28.0 Å². The number of methoxy groups -OCH3 is 2. The number of halogens is 1. The largest absolute Gasteiger partial charge is 0.466 e. The van der Waals surface area contributed by atoms with Gasteiger partial charge in [0.15, 0.2) is 5.13 Å². The fourth-order valence-corrected chi connectivity index (χ4v) is 4.86. The molecule has 0 radical (unpaired) electrons. The lowest BCUT2D eigenvalue weighted by atomic mass is 9.79. The summed E-state index contributed by atoms with van der Waals surface area (Å²) in [5, 5.41) is 8.90. The van der Waals surface area contributed by atoms with Crippen LogP contribution in [0.1, 0.15) is 25.3 Å². The van der Waals surface area contributed by atoms with Crippen molar-refractivity contribution in [1.29, 1.82) is 0 Å². The van der Waals surface area contributed by atoms with Gasteiger partial charge in [0.2, 0.25) is 0 Å². The smallest absolute Gasteiger partial charge is 0.336 e. The van der Waals surface area contributed by atoms with Crippen molar-refractivity contribution in [3.63, 3.8) is 0 Å². The summed E-state index contributed by atoms with van der Waals surface area (Å²) in [7, 11) is 2.61. The first-order valence-corrected chi connectivity index (χ1v) is 11.6. The van der Waals surface area contributed by atoms with E-state index in [1.165, 1.54) is 37.7 Å². The lowest BCUT2D eigenvalue weighted by Crippen LogP contribution is -2.32. The number of allylic oxidation sites excluding steroid dienone is 2. The zero-order chi connectivity index (χ0) is 25.1. The van der Waals surface area contributed by atoms with Crippen LogP contribution in [0.3, 0.4) is 0 Å². The SMILES string of the molecule is COC(=O)C1=C(C)NC(C)=C(C(=O)OC)C1c1ccccc1Nc1nc(-c2ccc(F)cc2)cs1. The summed E-state index contributed by atoms with van der Waals surface area (Å²) in [6.07, 6.45) is 0. The maximum Gasteiger partial charge on any atom is 0.336 e. The molecule has 0 spiro atoms. The number of para-hydroxylation sites is 1. The minimum atomic E-state index is -0.726. The van der Waals surface area contributed by atoms with Crippen molar-refractivity contribution >= 4 is 34.1 Å². The van der Waals surface area contributed by atoms with Gasteiger partial charge < -0.3 is 20.1 Å². The standard InChI is InChI=1S/C26H24FN3O4S/c1-14-21(24(31)33-3)23(22(15(2)28-14)25(32)34-4)18-7-5-6-8-19(18)29-26-30-20(13-35-26)16-9-11-17(27)12-10-16/h5-13,23,28H,1-4H3,(H,29,30). The molecule has 180 valence electrons. The maximum absolute atomic E-state index is 13.3. The first-order valence-electron chi connectivity index (χ1n) is 10.8. The minimum absolute atomic E-state index is 0.312. The number of rotatable bonds is 6. The van der Waals surface area contributed by atoms with Crippen LogP contribution in [0, 0.1) is 5.82 Å². The number of ether oxygens (including phenoxy) is 2. The van der Waals surface area contributed by atoms with Crippen LogP contribution >= 0.6 is 11.3 Å². The van der Waals surface area contributed by atoms with Gasteiger partial charge in [0.05, 0.1) is 37.0 Å². The van der Waals surface area contributed by atoms with Crippen molar-refractivity contribution in [2.24, 2.45) is 0 Å². The Bertz CT molecular complexity index is 1310. The van der Waals surface area contributed by atoms with Crippen LogP contribution < -0.4 is 10.6 Å². The van der Waals surface area contributed by atoms with E-state index in [1.807, 2.05) is 29.6 Å². The summed E-state index contributed by atoms with van der Waals surface area (Å²) in [5.41, 5.74) is 4.67. The Kier molecular flexibility index (Phi) is 6.97. The fraction of sp³-hybridized carbons (Fsp3) is 0.192. The van der Waals surface area contributed by atoms with Gasteiger partial charge in [0.25, 0.3) is 0 Å². The van der Waals surface area contributed by atoms with Gasteiger partial charge in [-0.1, -0.05) is 18.2 Å². The normalized spacial score (nSPS) is 14.0. The Morgan fingerprint density at radius 3 is 2.17 bits per heavy atom. The van der Waals surface area contributed by atoms with Crippen molar-refractivity contribution in [2.75, 3.05) is 19.5 Å². The molecule has 4 rings (SSSR count). The van der Waals surface area contributed by atoms with Gasteiger partial charge in [-0.25, -0.2) is 19.0 Å². The molecule has 0 saturated carbocycles. The topological polar surface area (TPSA) is 89.5 Å². The zero-order valence-electron chi connectivity index (χ0n) is 19.6. The van der Waals surface area contributed by atoms with E-state index in [-0.39, 0.29) is 5.82 Å². The Morgan fingerprint density at radius 1 is 0.971 bits per heavy atom. The number of carbonyl (C=O) groups excluding carboxylic acids is 2. The predicted molar refractivity (Wildman–Crippen MR) is 133 cm³/mol. The van der Waals surface area contributed by atoms with Gasteiger partial charge >= 0.3 is 11.9 Å². The van der Waals surface area contributed by atoms with E-state index in [4.69, 9.17) is 9.47 Å². The van der Waals surface area contributed by atoms with Crippen LogP contribution in [0.5, 0.6) is 0 Å². The summed E-state index contributed by atoms with van der Waals surface area (Å²) >= 11 is 1.39. The third-order valence-electron chi connectivity index (χ3n) is 5.73. The van der Waals surface area contributed by atoms with Gasteiger partial charge in [0.1, 0.15) is 5.82 Å². The summed E-state index contributed by atoms with van der Waals surface area (Å²) in [5.74, 6) is -2.13. The number of nitrogens with one attached hydrogen (secondary N) is 2. The molecule has 2 aromatic carbocycles. The lowest BCUT2D eigenvalue weighted by molar-refractivity contribution is -0.137. The Hall–Kier alpha value is -3.98. The van der Waals surface area contributed by atoms with Crippen molar-refractivity contribution in [3.05, 3.63) is 87.8 Å². The molecule has 3 aromatic rings. The van der Waals surface area contributed by atoms with E-state index in [0.717, 1.165) is 5.56 Å². The quantitative estimate of drug-likeness (QED) is 0.452. The zero-order valence-corrected chi connectivity index (χ0v) is 20.5. The van der Waals surface area contributed by atoms with E-state index in [1.54, 1.807) is 26.0 Å². The highest BCUT2D eigenvalue weighted by atomic mass is 32.1. The van der Waals surface area contributed by atoms with Crippen LogP contribution in [-0.4, -0.2) is 31.1 Å². The first kappa shape index (κ1) is 24.2. The molecule has 0 fully saturated rings. The van der Waals surface area contributed by atoms with Gasteiger partial charge in [-0.05, 0) is 49.7 Å². The molecule has 0 unspecified atom stereocenters. The van der Waals surface area contributed by atoms with E-state index >= 15 is 0 Å². The van der Waals surface area contributed by atoms with Gasteiger partial charge in [-0.3, -0.25) is 0 Å². The molecule has 2 N–H and O–H groups in total. The van der Waals surface area contributed by atoms with Crippen molar-refractivity contribution < 1.29 is 23.5 Å². The lowest BCUT2D eigenvalue weighted by Gasteiger charge is -2.31. The molecule has 7 nitrogen and oxygen atoms in total. The molecule has 1 aliphatic heterocycles. The highest BCUT2D eigenvalue weighted by Crippen LogP contribution is 2.42. The molecule has 35 heavy (non-hydrogen) atoms. The van der Waals surface area contributed by atoms with Crippen LogP contribution in [0.4, 0.5) is 15.2 Å². The van der Waals surface area contributed by atoms with Crippen LogP contribution in [0.25, 0.3) is 11.3 Å². The summed E-state index contributed by atoms with van der Waals surface area (Å²) in [4.78, 5) is 30.3. The molecular weight excluding hydrogens is 469 g/mol. The third-order valence-corrected chi connectivity index (χ3v) is 6.49. The summed E-state index contributed by atoms with van der Waals surface area (Å²) in [6, 6.07) is 13.5. The van der Waals surface area contributed by atoms with E-state index in [2.05, 4.69) is 15.6 Å². The number of hydrogen-bond donors (Lipinski definition) is 2. The van der Waals surface area contributed by atoms with Gasteiger partial charge in [-0.15, -0.1) is 11.3 Å². The Labute approximate surface area is 206 Å². The van der Waals surface area contributed by atoms with E-state index in [9.17, 15) is 14.0 Å². The van der Waals surface area contributed by atoms with E-state index in [0.29, 0.717) is 44.6 Å². The number of esters is 2. The van der Waals surface area contributed by atoms with Crippen molar-refractivity contribution in [3.8, 4) is 11.3 Å². The monoisotopic (exact) mass is 493 g/mol. The molecule has 1 aliphatic rings. The molecule has 1 aromatic heterocycles. The second kappa shape index (κ2) is 10.1. The number of hydrogen-bond acceptors (Lipinski definition) is 8. The number of benzene rings is 2. The third kappa shape index (κ3) is 4.81. The second-order valence-corrected chi connectivity index (χ2v) is 8.73. The average molecular weight is 494 g/mol. The molecule has 0 saturated heterocycles. The fourth-order valence-electron chi connectivity index (χ4n) is 4.13. The highest BCUT2D eigenvalue weighted by Gasteiger charge is 2.38. The van der Waals surface area contributed by atoms with Crippen LogP contribution in [0.2, 0.25) is 0 Å².